The number of hydrogen-bond acceptors (Lipinski definition) is 2. The number of rotatable bonds is 5. The molecule has 0 bridgehead atoms. The Bertz CT molecular complexity index is 712. The largest absolute Gasteiger partial charge is 0.371 e. The maximum atomic E-state index is 12.7. The van der Waals surface area contributed by atoms with E-state index in [0.29, 0.717) is 5.92 Å². The van der Waals surface area contributed by atoms with Crippen LogP contribution in [-0.4, -0.2) is 25.5 Å². The molecule has 1 heterocycles. The number of anilines is 1. The van der Waals surface area contributed by atoms with E-state index in [1.54, 1.807) is 0 Å². The van der Waals surface area contributed by atoms with Gasteiger partial charge in [0.15, 0.2) is 0 Å². The Morgan fingerprint density at radius 2 is 1.84 bits per heavy atom. The number of carbonyl (C=O) groups excluding carboxylic acids is 1. The fraction of sp³-hybridized carbons (Fsp3) is 0.381. The second kappa shape index (κ2) is 7.49. The summed E-state index contributed by atoms with van der Waals surface area (Å²) in [4.78, 5) is 15.0. The molecule has 1 atom stereocenters. The lowest BCUT2D eigenvalue weighted by Gasteiger charge is -2.25. The predicted molar refractivity (Wildman–Crippen MR) is 104 cm³/mol. The number of nitrogens with one attached hydrogen (secondary N) is 1. The predicted octanol–water partition coefficient (Wildman–Crippen LogP) is 4.26. The minimum Gasteiger partial charge on any atom is -0.371 e. The average molecular weight is 357 g/mol. The summed E-state index contributed by atoms with van der Waals surface area (Å²) in [5, 5.41) is 3.92. The normalized spacial score (nSPS) is 17.6. The van der Waals surface area contributed by atoms with Crippen molar-refractivity contribution in [2.24, 2.45) is 5.92 Å². The Hall–Kier alpha value is -2.00. The number of amides is 1. The Morgan fingerprint density at radius 3 is 2.52 bits per heavy atom. The smallest absolute Gasteiger partial charge is 0.230 e. The molecule has 4 heteroatoms. The van der Waals surface area contributed by atoms with Gasteiger partial charge in [-0.05, 0) is 56.0 Å². The molecule has 1 amide bonds. The van der Waals surface area contributed by atoms with Crippen molar-refractivity contribution in [1.82, 2.24) is 5.32 Å². The lowest BCUT2D eigenvalue weighted by molar-refractivity contribution is -0.125. The molecule has 3 nitrogen and oxygen atoms in total. The monoisotopic (exact) mass is 356 g/mol. The van der Waals surface area contributed by atoms with Gasteiger partial charge in [0.1, 0.15) is 0 Å². The summed E-state index contributed by atoms with van der Waals surface area (Å²) in [7, 11) is 0. The zero-order valence-electron chi connectivity index (χ0n) is 14.8. The van der Waals surface area contributed by atoms with Crippen molar-refractivity contribution in [2.75, 3.05) is 24.5 Å². The Kier molecular flexibility index (Phi) is 5.33. The first kappa shape index (κ1) is 17.8. The topological polar surface area (TPSA) is 32.3 Å². The number of benzene rings is 2. The van der Waals surface area contributed by atoms with E-state index in [1.165, 1.54) is 5.69 Å². The van der Waals surface area contributed by atoms with Crippen molar-refractivity contribution in [2.45, 2.75) is 25.7 Å². The lowest BCUT2D eigenvalue weighted by atomic mass is 9.83. The van der Waals surface area contributed by atoms with E-state index in [1.807, 2.05) is 56.3 Å². The molecule has 0 aliphatic carbocycles. The van der Waals surface area contributed by atoms with Crippen LogP contribution in [0.15, 0.2) is 54.6 Å². The van der Waals surface area contributed by atoms with Gasteiger partial charge in [-0.25, -0.2) is 0 Å². The highest BCUT2D eigenvalue weighted by Gasteiger charge is 2.31. The van der Waals surface area contributed by atoms with Crippen LogP contribution in [0.4, 0.5) is 5.69 Å². The summed E-state index contributed by atoms with van der Waals surface area (Å²) in [6.45, 7) is 6.66. The third-order valence-electron chi connectivity index (χ3n) is 5.09. The van der Waals surface area contributed by atoms with Crippen LogP contribution in [-0.2, 0) is 10.2 Å². The standard InChI is InChI=1S/C21H25ClN2O/c1-21(2,17-6-4-3-5-7-17)20(25)23-14-16-12-13-24(15-16)19-10-8-18(22)9-11-19/h3-11,16H,12-15H2,1-2H3,(H,23,25). The summed E-state index contributed by atoms with van der Waals surface area (Å²) in [5.41, 5.74) is 1.72. The lowest BCUT2D eigenvalue weighted by Crippen LogP contribution is -2.42. The summed E-state index contributed by atoms with van der Waals surface area (Å²) in [6, 6.07) is 17.9. The van der Waals surface area contributed by atoms with Gasteiger partial charge in [-0.1, -0.05) is 41.9 Å². The summed E-state index contributed by atoms with van der Waals surface area (Å²) in [6.07, 6.45) is 1.09. The molecule has 0 spiro atoms. The molecule has 1 fully saturated rings. The minimum absolute atomic E-state index is 0.0867. The molecule has 3 rings (SSSR count). The van der Waals surface area contributed by atoms with Crippen LogP contribution < -0.4 is 10.2 Å². The van der Waals surface area contributed by atoms with E-state index < -0.39 is 5.41 Å². The molecule has 1 saturated heterocycles. The van der Waals surface area contributed by atoms with Crippen LogP contribution >= 0.6 is 11.6 Å². The molecule has 0 aromatic heterocycles. The van der Waals surface area contributed by atoms with E-state index in [-0.39, 0.29) is 5.91 Å². The molecule has 0 radical (unpaired) electrons. The number of hydrogen-bond donors (Lipinski definition) is 1. The summed E-state index contributed by atoms with van der Waals surface area (Å²) in [5.74, 6) is 0.565. The summed E-state index contributed by atoms with van der Waals surface area (Å²) < 4.78 is 0. The van der Waals surface area contributed by atoms with Gasteiger partial charge in [0, 0.05) is 30.3 Å². The van der Waals surface area contributed by atoms with Crippen molar-refractivity contribution < 1.29 is 4.79 Å². The number of halogens is 1. The van der Waals surface area contributed by atoms with Crippen molar-refractivity contribution in [1.29, 1.82) is 0 Å². The SMILES string of the molecule is CC(C)(C(=O)NCC1CCN(c2ccc(Cl)cc2)C1)c1ccccc1. The first-order chi connectivity index (χ1) is 12.0. The third-order valence-corrected chi connectivity index (χ3v) is 5.34. The summed E-state index contributed by atoms with van der Waals surface area (Å²) >= 11 is 5.96. The molecule has 2 aromatic carbocycles. The van der Waals surface area contributed by atoms with Crippen LogP contribution in [0.1, 0.15) is 25.8 Å². The van der Waals surface area contributed by atoms with E-state index in [4.69, 9.17) is 11.6 Å². The third kappa shape index (κ3) is 4.16. The van der Waals surface area contributed by atoms with Crippen LogP contribution in [0.5, 0.6) is 0 Å². The highest BCUT2D eigenvalue weighted by atomic mass is 35.5. The minimum atomic E-state index is -0.518. The maximum absolute atomic E-state index is 12.7. The van der Waals surface area contributed by atoms with Gasteiger partial charge < -0.3 is 10.2 Å². The second-order valence-corrected chi connectivity index (χ2v) is 7.71. The Labute approximate surface area is 155 Å². The van der Waals surface area contributed by atoms with Crippen molar-refractivity contribution in [3.63, 3.8) is 0 Å². The van der Waals surface area contributed by atoms with E-state index >= 15 is 0 Å². The quantitative estimate of drug-likeness (QED) is 0.868. The number of nitrogens with zero attached hydrogens (tertiary/aromatic N) is 1. The molecule has 1 N–H and O–H groups in total. The second-order valence-electron chi connectivity index (χ2n) is 7.28. The molecule has 0 saturated carbocycles. The highest BCUT2D eigenvalue weighted by molar-refractivity contribution is 6.30. The van der Waals surface area contributed by atoms with E-state index in [2.05, 4.69) is 22.3 Å². The number of carbonyl (C=O) groups is 1. The van der Waals surface area contributed by atoms with Gasteiger partial charge in [0.25, 0.3) is 0 Å². The van der Waals surface area contributed by atoms with Gasteiger partial charge in [0.05, 0.1) is 5.41 Å². The van der Waals surface area contributed by atoms with Crippen LogP contribution in [0, 0.1) is 5.92 Å². The first-order valence-electron chi connectivity index (χ1n) is 8.81. The average Bonchev–Trinajstić information content (AvgIpc) is 3.10. The first-order valence-corrected chi connectivity index (χ1v) is 9.19. The van der Waals surface area contributed by atoms with E-state index in [9.17, 15) is 4.79 Å². The van der Waals surface area contributed by atoms with Crippen LogP contribution in [0.3, 0.4) is 0 Å². The zero-order chi connectivity index (χ0) is 17.9. The molecule has 1 aliphatic rings. The van der Waals surface area contributed by atoms with Crippen LogP contribution in [0.25, 0.3) is 0 Å². The molecule has 132 valence electrons. The van der Waals surface area contributed by atoms with Crippen molar-refractivity contribution in [3.05, 3.63) is 65.2 Å². The van der Waals surface area contributed by atoms with Gasteiger partial charge in [-0.3, -0.25) is 4.79 Å². The molecule has 25 heavy (non-hydrogen) atoms. The Balaban J connectivity index is 1.54. The highest BCUT2D eigenvalue weighted by Crippen LogP contribution is 2.26. The molecular weight excluding hydrogens is 332 g/mol. The van der Waals surface area contributed by atoms with Gasteiger partial charge in [-0.2, -0.15) is 0 Å². The van der Waals surface area contributed by atoms with Crippen molar-refractivity contribution >= 4 is 23.2 Å². The fourth-order valence-corrected chi connectivity index (χ4v) is 3.46. The molecule has 1 aliphatic heterocycles. The van der Waals surface area contributed by atoms with E-state index in [0.717, 1.165) is 36.6 Å². The zero-order valence-corrected chi connectivity index (χ0v) is 15.6. The molecule has 1 unspecified atom stereocenters. The van der Waals surface area contributed by atoms with Crippen molar-refractivity contribution in [3.8, 4) is 0 Å². The van der Waals surface area contributed by atoms with Gasteiger partial charge in [0.2, 0.25) is 5.91 Å². The van der Waals surface area contributed by atoms with Gasteiger partial charge >= 0.3 is 0 Å². The fourth-order valence-electron chi connectivity index (χ4n) is 3.33. The molecular formula is C21H25ClN2O. The Morgan fingerprint density at radius 1 is 1.16 bits per heavy atom. The maximum Gasteiger partial charge on any atom is 0.230 e. The van der Waals surface area contributed by atoms with Gasteiger partial charge in [-0.15, -0.1) is 0 Å². The molecule has 2 aromatic rings. The van der Waals surface area contributed by atoms with Crippen LogP contribution in [0.2, 0.25) is 5.02 Å².